The Morgan fingerprint density at radius 2 is 2.00 bits per heavy atom. The molecule has 0 atom stereocenters. The molecule has 0 fully saturated rings. The molecular weight excluding hydrogens is 184 g/mol. The number of aromatic nitrogens is 2. The van der Waals surface area contributed by atoms with Gasteiger partial charge in [0.15, 0.2) is 0 Å². The average Bonchev–Trinajstić information content (AvgIpc) is 2.73. The van der Waals surface area contributed by atoms with Crippen LogP contribution in [0.15, 0.2) is 30.5 Å². The van der Waals surface area contributed by atoms with Crippen molar-refractivity contribution >= 4 is 0 Å². The lowest BCUT2D eigenvalue weighted by molar-refractivity contribution is 0.527. The van der Waals surface area contributed by atoms with Crippen molar-refractivity contribution in [1.82, 2.24) is 9.78 Å². The average molecular weight is 198 g/mol. The summed E-state index contributed by atoms with van der Waals surface area (Å²) in [4.78, 5) is 0. The summed E-state index contributed by atoms with van der Waals surface area (Å²) in [6, 6.07) is 9.02. The first kappa shape index (κ1) is 8.72. The maximum atomic E-state index is 4.62. The Bertz CT molecular complexity index is 509. The highest BCUT2D eigenvalue weighted by molar-refractivity contribution is 5.74. The van der Waals surface area contributed by atoms with E-state index in [9.17, 15) is 0 Å². The third kappa shape index (κ3) is 1.21. The van der Waals surface area contributed by atoms with E-state index >= 15 is 0 Å². The molecule has 0 saturated heterocycles. The summed E-state index contributed by atoms with van der Waals surface area (Å²) in [6.07, 6.45) is 3.16. The number of hydrogen-bond acceptors (Lipinski definition) is 1. The fourth-order valence-corrected chi connectivity index (χ4v) is 2.17. The zero-order chi connectivity index (χ0) is 10.4. The van der Waals surface area contributed by atoms with Gasteiger partial charge in [0.1, 0.15) is 0 Å². The lowest BCUT2D eigenvalue weighted by Crippen LogP contribution is -2.02. The van der Waals surface area contributed by atoms with Crippen molar-refractivity contribution in [3.05, 3.63) is 41.7 Å². The van der Waals surface area contributed by atoms with Crippen LogP contribution >= 0.6 is 0 Å². The molecule has 0 spiro atoms. The Balaban J connectivity index is 2.15. The largest absolute Gasteiger partial charge is 0.269 e. The topological polar surface area (TPSA) is 17.8 Å². The summed E-state index contributed by atoms with van der Waals surface area (Å²) >= 11 is 0. The molecule has 0 N–H and O–H groups in total. The summed E-state index contributed by atoms with van der Waals surface area (Å²) in [5.41, 5.74) is 5.31. The van der Waals surface area contributed by atoms with E-state index in [0.717, 1.165) is 6.42 Å². The molecule has 2 heteroatoms. The van der Waals surface area contributed by atoms with Crippen molar-refractivity contribution in [1.29, 1.82) is 0 Å². The zero-order valence-electron chi connectivity index (χ0n) is 9.07. The SMILES string of the molecule is CC(C)n1cc2c(n1)Cc1ccccc1-2. The summed E-state index contributed by atoms with van der Waals surface area (Å²) in [5.74, 6) is 0. The standard InChI is InChI=1S/C13H14N2/c1-9(2)15-8-12-11-6-4-3-5-10(11)7-13(12)14-15/h3-6,8-9H,7H2,1-2H3. The van der Waals surface area contributed by atoms with Gasteiger partial charge in [-0.05, 0) is 25.0 Å². The van der Waals surface area contributed by atoms with E-state index in [2.05, 4.69) is 54.1 Å². The van der Waals surface area contributed by atoms with Gasteiger partial charge in [-0.2, -0.15) is 5.10 Å². The number of fused-ring (bicyclic) bond motifs is 3. The van der Waals surface area contributed by atoms with Crippen LogP contribution in [0.1, 0.15) is 31.1 Å². The van der Waals surface area contributed by atoms with E-state index in [4.69, 9.17) is 0 Å². The van der Waals surface area contributed by atoms with Crippen molar-refractivity contribution < 1.29 is 0 Å². The molecule has 1 heterocycles. The Morgan fingerprint density at radius 3 is 2.80 bits per heavy atom. The second kappa shape index (κ2) is 2.96. The van der Waals surface area contributed by atoms with Crippen LogP contribution < -0.4 is 0 Å². The molecule has 2 aromatic rings. The van der Waals surface area contributed by atoms with Gasteiger partial charge in [-0.3, -0.25) is 4.68 Å². The minimum absolute atomic E-state index is 0.447. The van der Waals surface area contributed by atoms with Gasteiger partial charge >= 0.3 is 0 Å². The van der Waals surface area contributed by atoms with Crippen LogP contribution in [0, 0.1) is 0 Å². The fraction of sp³-hybridized carbons (Fsp3) is 0.308. The first-order chi connectivity index (χ1) is 7.25. The molecule has 0 unspecified atom stereocenters. The molecule has 1 aromatic carbocycles. The minimum atomic E-state index is 0.447. The van der Waals surface area contributed by atoms with Crippen LogP contribution in [-0.2, 0) is 6.42 Å². The Hall–Kier alpha value is -1.57. The van der Waals surface area contributed by atoms with Crippen LogP contribution in [0.2, 0.25) is 0 Å². The van der Waals surface area contributed by atoms with Crippen molar-refractivity contribution in [2.24, 2.45) is 0 Å². The van der Waals surface area contributed by atoms with Gasteiger partial charge in [0.25, 0.3) is 0 Å². The highest BCUT2D eigenvalue weighted by Crippen LogP contribution is 2.35. The Morgan fingerprint density at radius 1 is 1.20 bits per heavy atom. The van der Waals surface area contributed by atoms with Crippen molar-refractivity contribution in [3.8, 4) is 11.1 Å². The molecule has 0 bridgehead atoms. The van der Waals surface area contributed by atoms with Gasteiger partial charge in [0.05, 0.1) is 5.69 Å². The fourth-order valence-electron chi connectivity index (χ4n) is 2.17. The minimum Gasteiger partial charge on any atom is -0.269 e. The highest BCUT2D eigenvalue weighted by Gasteiger charge is 2.21. The molecule has 3 rings (SSSR count). The summed E-state index contributed by atoms with van der Waals surface area (Å²) < 4.78 is 2.06. The van der Waals surface area contributed by atoms with Crippen molar-refractivity contribution in [3.63, 3.8) is 0 Å². The van der Waals surface area contributed by atoms with Crippen LogP contribution in [0.25, 0.3) is 11.1 Å². The molecule has 15 heavy (non-hydrogen) atoms. The highest BCUT2D eigenvalue weighted by atomic mass is 15.3. The third-order valence-corrected chi connectivity index (χ3v) is 3.00. The van der Waals surface area contributed by atoms with Gasteiger partial charge in [-0.25, -0.2) is 0 Å². The number of hydrogen-bond donors (Lipinski definition) is 0. The first-order valence-corrected chi connectivity index (χ1v) is 5.42. The van der Waals surface area contributed by atoms with E-state index in [1.54, 1.807) is 0 Å². The maximum Gasteiger partial charge on any atom is 0.0747 e. The number of rotatable bonds is 1. The van der Waals surface area contributed by atoms with Crippen LogP contribution in [0.4, 0.5) is 0 Å². The van der Waals surface area contributed by atoms with Gasteiger partial charge < -0.3 is 0 Å². The molecule has 0 radical (unpaired) electrons. The molecule has 1 aliphatic carbocycles. The molecule has 76 valence electrons. The Kier molecular flexibility index (Phi) is 1.72. The molecule has 0 saturated carbocycles. The second-order valence-electron chi connectivity index (χ2n) is 4.40. The van der Waals surface area contributed by atoms with Gasteiger partial charge in [-0.1, -0.05) is 24.3 Å². The van der Waals surface area contributed by atoms with Crippen LogP contribution in [-0.4, -0.2) is 9.78 Å². The monoisotopic (exact) mass is 198 g/mol. The van der Waals surface area contributed by atoms with E-state index in [0.29, 0.717) is 6.04 Å². The van der Waals surface area contributed by atoms with Crippen LogP contribution in [0.5, 0.6) is 0 Å². The lowest BCUT2D eigenvalue weighted by Gasteiger charge is -2.05. The predicted molar refractivity (Wildman–Crippen MR) is 60.9 cm³/mol. The molecule has 0 aliphatic heterocycles. The smallest absolute Gasteiger partial charge is 0.0747 e. The van der Waals surface area contributed by atoms with E-state index in [1.165, 1.54) is 22.4 Å². The first-order valence-electron chi connectivity index (χ1n) is 5.42. The molecule has 1 aromatic heterocycles. The predicted octanol–water partition coefficient (Wildman–Crippen LogP) is 3.04. The molecule has 1 aliphatic rings. The van der Waals surface area contributed by atoms with Gasteiger partial charge in [0, 0.05) is 24.2 Å². The summed E-state index contributed by atoms with van der Waals surface area (Å²) in [7, 11) is 0. The van der Waals surface area contributed by atoms with Crippen molar-refractivity contribution in [2.45, 2.75) is 26.3 Å². The molecule has 2 nitrogen and oxygen atoms in total. The normalized spacial score (nSPS) is 13.0. The quantitative estimate of drug-likeness (QED) is 0.587. The van der Waals surface area contributed by atoms with Crippen molar-refractivity contribution in [2.75, 3.05) is 0 Å². The lowest BCUT2D eigenvalue weighted by atomic mass is 10.1. The van der Waals surface area contributed by atoms with Gasteiger partial charge in [-0.15, -0.1) is 0 Å². The molecule has 0 amide bonds. The number of nitrogens with zero attached hydrogens (tertiary/aromatic N) is 2. The van der Waals surface area contributed by atoms with E-state index < -0.39 is 0 Å². The Labute approximate surface area is 89.5 Å². The van der Waals surface area contributed by atoms with E-state index in [-0.39, 0.29) is 0 Å². The van der Waals surface area contributed by atoms with E-state index in [1.807, 2.05) is 0 Å². The molecular formula is C13H14N2. The third-order valence-electron chi connectivity index (χ3n) is 3.00. The van der Waals surface area contributed by atoms with Crippen LogP contribution in [0.3, 0.4) is 0 Å². The summed E-state index contributed by atoms with van der Waals surface area (Å²) in [5, 5.41) is 4.62. The summed E-state index contributed by atoms with van der Waals surface area (Å²) in [6.45, 7) is 4.32. The van der Waals surface area contributed by atoms with Gasteiger partial charge in [0.2, 0.25) is 0 Å². The number of benzene rings is 1. The maximum absolute atomic E-state index is 4.62. The second-order valence-corrected chi connectivity index (χ2v) is 4.40. The zero-order valence-corrected chi connectivity index (χ0v) is 9.07.